The fraction of sp³-hybridized carbons (Fsp3) is 0.692. The Morgan fingerprint density at radius 2 is 1.50 bits per heavy atom. The molecule has 0 unspecified atom stereocenters. The number of hydrogen-bond acceptors (Lipinski definition) is 5. The van der Waals surface area contributed by atoms with E-state index in [0.29, 0.717) is 0 Å². The molecular weight excluding hydrogens is 234 g/mol. The van der Waals surface area contributed by atoms with E-state index in [-0.39, 0.29) is 18.8 Å². The van der Waals surface area contributed by atoms with Gasteiger partial charge in [-0.3, -0.25) is 0 Å². The summed E-state index contributed by atoms with van der Waals surface area (Å²) in [5.74, 6) is -1.22. The number of carbonyl (C=O) groups is 2. The number of hydrogen-bond donors (Lipinski definition) is 0. The molecule has 0 aromatic rings. The third-order valence-corrected chi connectivity index (χ3v) is 2.69. The summed E-state index contributed by atoms with van der Waals surface area (Å²) in [6, 6.07) is 0. The first-order chi connectivity index (χ1) is 8.69. The molecule has 0 atom stereocenters. The molecule has 1 fully saturated rings. The molecule has 0 bridgehead atoms. The lowest BCUT2D eigenvalue weighted by Crippen LogP contribution is -2.28. The Morgan fingerprint density at radius 1 is 1.00 bits per heavy atom. The monoisotopic (exact) mass is 255 g/mol. The molecule has 102 valence electrons. The second-order valence-electron chi connectivity index (χ2n) is 4.08. The summed E-state index contributed by atoms with van der Waals surface area (Å²) < 4.78 is 9.76. The maximum Gasteiger partial charge on any atom is 0.347 e. The molecule has 1 saturated heterocycles. The molecule has 1 rings (SSSR count). The Kier molecular flexibility index (Phi) is 6.25. The summed E-state index contributed by atoms with van der Waals surface area (Å²) >= 11 is 0. The molecule has 0 radical (unpaired) electrons. The molecule has 1 aliphatic heterocycles. The lowest BCUT2D eigenvalue weighted by Gasteiger charge is -2.25. The number of piperidine rings is 1. The minimum absolute atomic E-state index is 0.0133. The number of likely N-dealkylation sites (tertiary alicyclic amines) is 1. The minimum atomic E-state index is -0.610. The molecular formula is C13H21NO4. The third-order valence-electron chi connectivity index (χ3n) is 2.69. The minimum Gasteiger partial charge on any atom is -0.462 e. The van der Waals surface area contributed by atoms with Crippen molar-refractivity contribution in [2.24, 2.45) is 0 Å². The molecule has 0 aliphatic carbocycles. The second-order valence-corrected chi connectivity index (χ2v) is 4.08. The van der Waals surface area contributed by atoms with Crippen LogP contribution < -0.4 is 0 Å². The largest absolute Gasteiger partial charge is 0.462 e. The van der Waals surface area contributed by atoms with Crippen molar-refractivity contribution in [1.82, 2.24) is 4.90 Å². The van der Waals surface area contributed by atoms with Gasteiger partial charge in [-0.2, -0.15) is 0 Å². The van der Waals surface area contributed by atoms with Crippen LogP contribution in [0.3, 0.4) is 0 Å². The van der Waals surface area contributed by atoms with E-state index < -0.39 is 11.9 Å². The van der Waals surface area contributed by atoms with Crippen LogP contribution in [0, 0.1) is 0 Å². The van der Waals surface area contributed by atoms with Crippen molar-refractivity contribution in [3.05, 3.63) is 11.8 Å². The standard InChI is InChI=1S/C13H21NO4/c1-3-17-12(15)11(13(16)18-4-2)10-14-8-6-5-7-9-14/h10H,3-9H2,1-2H3. The van der Waals surface area contributed by atoms with Gasteiger partial charge in [0.15, 0.2) is 5.57 Å². The van der Waals surface area contributed by atoms with Crippen molar-refractivity contribution in [1.29, 1.82) is 0 Å². The van der Waals surface area contributed by atoms with Gasteiger partial charge < -0.3 is 14.4 Å². The zero-order valence-electron chi connectivity index (χ0n) is 11.1. The van der Waals surface area contributed by atoms with Crippen molar-refractivity contribution in [3.8, 4) is 0 Å². The van der Waals surface area contributed by atoms with Gasteiger partial charge in [0.2, 0.25) is 0 Å². The summed E-state index contributed by atoms with van der Waals surface area (Å²) in [5, 5.41) is 0. The second kappa shape index (κ2) is 7.74. The van der Waals surface area contributed by atoms with Crippen molar-refractivity contribution in [3.63, 3.8) is 0 Å². The maximum atomic E-state index is 11.7. The van der Waals surface area contributed by atoms with Crippen LogP contribution in [-0.4, -0.2) is 43.1 Å². The summed E-state index contributed by atoms with van der Waals surface area (Å²) in [5.41, 5.74) is -0.0133. The van der Waals surface area contributed by atoms with Crippen LogP contribution >= 0.6 is 0 Å². The summed E-state index contributed by atoms with van der Waals surface area (Å²) in [7, 11) is 0. The summed E-state index contributed by atoms with van der Waals surface area (Å²) in [6.07, 6.45) is 4.93. The highest BCUT2D eigenvalue weighted by molar-refractivity contribution is 6.13. The number of rotatable bonds is 5. The molecule has 0 aromatic carbocycles. The lowest BCUT2D eigenvalue weighted by atomic mass is 10.1. The van der Waals surface area contributed by atoms with Crippen LogP contribution in [0.25, 0.3) is 0 Å². The Morgan fingerprint density at radius 3 is 1.94 bits per heavy atom. The smallest absolute Gasteiger partial charge is 0.347 e. The van der Waals surface area contributed by atoms with Crippen LogP contribution in [0.5, 0.6) is 0 Å². The predicted molar refractivity (Wildman–Crippen MR) is 66.8 cm³/mol. The van der Waals surface area contributed by atoms with Gasteiger partial charge in [0.1, 0.15) is 0 Å². The molecule has 1 aliphatic rings. The zero-order chi connectivity index (χ0) is 13.4. The first-order valence-corrected chi connectivity index (χ1v) is 6.49. The number of ether oxygens (including phenoxy) is 2. The van der Waals surface area contributed by atoms with Crippen LogP contribution in [-0.2, 0) is 19.1 Å². The van der Waals surface area contributed by atoms with Gasteiger partial charge in [0.05, 0.1) is 13.2 Å². The summed E-state index contributed by atoms with van der Waals surface area (Å²) in [4.78, 5) is 25.4. The molecule has 1 heterocycles. The van der Waals surface area contributed by atoms with E-state index in [4.69, 9.17) is 9.47 Å². The molecule has 0 saturated carbocycles. The highest BCUT2D eigenvalue weighted by Gasteiger charge is 2.22. The van der Waals surface area contributed by atoms with E-state index in [1.165, 1.54) is 6.42 Å². The van der Waals surface area contributed by atoms with Crippen molar-refractivity contribution in [2.75, 3.05) is 26.3 Å². The van der Waals surface area contributed by atoms with Crippen LogP contribution in [0.2, 0.25) is 0 Å². The van der Waals surface area contributed by atoms with Crippen molar-refractivity contribution < 1.29 is 19.1 Å². The van der Waals surface area contributed by atoms with E-state index in [0.717, 1.165) is 25.9 Å². The summed E-state index contributed by atoms with van der Waals surface area (Å²) in [6.45, 7) is 5.64. The Hall–Kier alpha value is -1.52. The predicted octanol–water partition coefficient (Wildman–Crippen LogP) is 1.48. The van der Waals surface area contributed by atoms with Gasteiger partial charge in [0.25, 0.3) is 0 Å². The van der Waals surface area contributed by atoms with E-state index in [9.17, 15) is 9.59 Å². The molecule has 5 nitrogen and oxygen atoms in total. The normalized spacial score (nSPS) is 14.9. The highest BCUT2D eigenvalue weighted by Crippen LogP contribution is 2.12. The average Bonchev–Trinajstić information content (AvgIpc) is 2.37. The Balaban J connectivity index is 2.77. The number of nitrogens with zero attached hydrogens (tertiary/aromatic N) is 1. The van der Waals surface area contributed by atoms with Crippen LogP contribution in [0.1, 0.15) is 33.1 Å². The van der Waals surface area contributed by atoms with Crippen LogP contribution in [0.4, 0.5) is 0 Å². The van der Waals surface area contributed by atoms with Gasteiger partial charge in [-0.25, -0.2) is 9.59 Å². The van der Waals surface area contributed by atoms with E-state index in [1.807, 2.05) is 4.90 Å². The molecule has 5 heteroatoms. The molecule has 18 heavy (non-hydrogen) atoms. The molecule has 0 amide bonds. The SMILES string of the molecule is CCOC(=O)C(=CN1CCCCC1)C(=O)OCC. The Bertz CT molecular complexity index is 299. The van der Waals surface area contributed by atoms with E-state index >= 15 is 0 Å². The fourth-order valence-corrected chi connectivity index (χ4v) is 1.84. The van der Waals surface area contributed by atoms with Crippen LogP contribution in [0.15, 0.2) is 11.8 Å². The van der Waals surface area contributed by atoms with Crippen molar-refractivity contribution >= 4 is 11.9 Å². The average molecular weight is 255 g/mol. The first-order valence-electron chi connectivity index (χ1n) is 6.49. The fourth-order valence-electron chi connectivity index (χ4n) is 1.84. The lowest BCUT2D eigenvalue weighted by molar-refractivity contribution is -0.146. The molecule has 0 aromatic heterocycles. The highest BCUT2D eigenvalue weighted by atomic mass is 16.6. The van der Waals surface area contributed by atoms with Gasteiger partial charge in [-0.1, -0.05) is 0 Å². The topological polar surface area (TPSA) is 55.8 Å². The number of esters is 2. The maximum absolute atomic E-state index is 11.7. The third kappa shape index (κ3) is 4.39. The van der Waals surface area contributed by atoms with Crippen molar-refractivity contribution in [2.45, 2.75) is 33.1 Å². The quantitative estimate of drug-likeness (QED) is 0.322. The molecule has 0 N–H and O–H groups in total. The first kappa shape index (κ1) is 14.5. The van der Waals surface area contributed by atoms with E-state index in [1.54, 1.807) is 20.0 Å². The number of carbonyl (C=O) groups excluding carboxylic acids is 2. The Labute approximate surface area is 108 Å². The van der Waals surface area contributed by atoms with E-state index in [2.05, 4.69) is 0 Å². The van der Waals surface area contributed by atoms with Gasteiger partial charge in [-0.15, -0.1) is 0 Å². The zero-order valence-corrected chi connectivity index (χ0v) is 11.1. The van der Waals surface area contributed by atoms with Gasteiger partial charge in [0, 0.05) is 19.3 Å². The van der Waals surface area contributed by atoms with Gasteiger partial charge >= 0.3 is 11.9 Å². The van der Waals surface area contributed by atoms with Gasteiger partial charge in [-0.05, 0) is 33.1 Å². The molecule has 0 spiro atoms.